The molecule has 0 atom stereocenters. The summed E-state index contributed by atoms with van der Waals surface area (Å²) < 4.78 is 10.5. The summed E-state index contributed by atoms with van der Waals surface area (Å²) in [6.45, 7) is 4.61. The highest BCUT2D eigenvalue weighted by atomic mass is 16.6. The second-order valence-corrected chi connectivity index (χ2v) is 6.52. The average molecular weight is 380 g/mol. The number of ether oxygens (including phenoxy) is 2. The maximum atomic E-state index is 12.4. The molecular weight excluding hydrogens is 352 g/mol. The van der Waals surface area contributed by atoms with Crippen LogP contribution in [0.1, 0.15) is 45.1 Å². The van der Waals surface area contributed by atoms with Gasteiger partial charge in [0.2, 0.25) is 0 Å². The molecule has 0 spiro atoms. The molecule has 2 aromatic rings. The van der Waals surface area contributed by atoms with Crippen LogP contribution in [0.3, 0.4) is 0 Å². The molecule has 4 nitrogen and oxygen atoms in total. The van der Waals surface area contributed by atoms with Crippen molar-refractivity contribution in [1.29, 1.82) is 0 Å². The van der Waals surface area contributed by atoms with E-state index in [0.717, 1.165) is 42.4 Å². The second-order valence-electron chi connectivity index (χ2n) is 6.52. The number of hydrogen-bond acceptors (Lipinski definition) is 4. The zero-order valence-corrected chi connectivity index (χ0v) is 16.6. The molecule has 0 saturated carbocycles. The van der Waals surface area contributed by atoms with Gasteiger partial charge >= 0.3 is 11.9 Å². The minimum atomic E-state index is -0.637. The van der Waals surface area contributed by atoms with Gasteiger partial charge in [0.1, 0.15) is 5.57 Å². The highest BCUT2D eigenvalue weighted by Gasteiger charge is 2.21. The molecule has 0 amide bonds. The Bertz CT molecular complexity index is 752. The first-order valence-corrected chi connectivity index (χ1v) is 9.87. The van der Waals surface area contributed by atoms with Crippen LogP contribution in [-0.2, 0) is 19.1 Å². The molecule has 0 heterocycles. The lowest BCUT2D eigenvalue weighted by Gasteiger charge is -2.09. The summed E-state index contributed by atoms with van der Waals surface area (Å²) in [5.74, 6) is -1.27. The number of carbonyl (C=O) groups excluding carboxylic acids is 2. The Labute approximate surface area is 167 Å². The van der Waals surface area contributed by atoms with Crippen LogP contribution in [0.4, 0.5) is 0 Å². The largest absolute Gasteiger partial charge is 0.462 e. The van der Waals surface area contributed by atoms with Gasteiger partial charge in [0.05, 0.1) is 13.2 Å². The lowest BCUT2D eigenvalue weighted by Crippen LogP contribution is -2.19. The average Bonchev–Trinajstić information content (AvgIpc) is 2.73. The van der Waals surface area contributed by atoms with Crippen LogP contribution >= 0.6 is 0 Å². The van der Waals surface area contributed by atoms with Gasteiger partial charge in [-0.05, 0) is 35.6 Å². The molecule has 0 aliphatic rings. The number of rotatable bonds is 10. The fourth-order valence-corrected chi connectivity index (χ4v) is 2.54. The van der Waals surface area contributed by atoms with E-state index >= 15 is 0 Å². The number of carbonyl (C=O) groups is 2. The van der Waals surface area contributed by atoms with E-state index < -0.39 is 11.9 Å². The molecular formula is C24H28O4. The van der Waals surface area contributed by atoms with E-state index in [-0.39, 0.29) is 5.57 Å². The predicted octanol–water partition coefficient (Wildman–Crippen LogP) is 5.42. The molecule has 0 radical (unpaired) electrons. The smallest absolute Gasteiger partial charge is 0.345 e. The number of esters is 2. The standard InChI is InChI=1S/C24H28O4/c1-3-5-16-27-23(25)22(24(26)28-17-6-4-2)18-19-12-14-21(15-13-19)20-10-8-7-9-11-20/h7-15,18H,3-6,16-17H2,1-2H3. The van der Waals surface area contributed by atoms with Gasteiger partial charge in [0.25, 0.3) is 0 Å². The SMILES string of the molecule is CCCCOC(=O)C(=Cc1ccc(-c2ccccc2)cc1)C(=O)OCCCC. The fourth-order valence-electron chi connectivity index (χ4n) is 2.54. The quantitative estimate of drug-likeness (QED) is 0.181. The van der Waals surface area contributed by atoms with Gasteiger partial charge in [-0.1, -0.05) is 81.3 Å². The molecule has 0 unspecified atom stereocenters. The maximum Gasteiger partial charge on any atom is 0.345 e. The van der Waals surface area contributed by atoms with Gasteiger partial charge in [0, 0.05) is 0 Å². The summed E-state index contributed by atoms with van der Waals surface area (Å²) >= 11 is 0. The lowest BCUT2D eigenvalue weighted by molar-refractivity contribution is -0.147. The third-order valence-corrected chi connectivity index (χ3v) is 4.23. The molecule has 0 aliphatic carbocycles. The molecule has 0 bridgehead atoms. The minimum absolute atomic E-state index is 0.0698. The minimum Gasteiger partial charge on any atom is -0.462 e. The Morgan fingerprint density at radius 1 is 0.750 bits per heavy atom. The van der Waals surface area contributed by atoms with Crippen LogP contribution in [0.2, 0.25) is 0 Å². The van der Waals surface area contributed by atoms with Gasteiger partial charge in [-0.2, -0.15) is 0 Å². The monoisotopic (exact) mass is 380 g/mol. The first-order valence-electron chi connectivity index (χ1n) is 9.87. The second kappa shape index (κ2) is 11.8. The molecule has 0 aliphatic heterocycles. The van der Waals surface area contributed by atoms with Crippen molar-refractivity contribution in [2.75, 3.05) is 13.2 Å². The molecule has 148 valence electrons. The third-order valence-electron chi connectivity index (χ3n) is 4.23. The first kappa shape index (κ1) is 21.4. The Kier molecular flexibility index (Phi) is 8.99. The Hall–Kier alpha value is -2.88. The van der Waals surface area contributed by atoms with E-state index in [2.05, 4.69) is 0 Å². The van der Waals surface area contributed by atoms with Gasteiger partial charge in [0.15, 0.2) is 0 Å². The summed E-state index contributed by atoms with van der Waals surface area (Å²) in [5, 5.41) is 0. The topological polar surface area (TPSA) is 52.6 Å². The molecule has 28 heavy (non-hydrogen) atoms. The Morgan fingerprint density at radius 3 is 1.75 bits per heavy atom. The van der Waals surface area contributed by atoms with Crippen molar-refractivity contribution in [3.05, 3.63) is 65.7 Å². The fraction of sp³-hybridized carbons (Fsp3) is 0.333. The van der Waals surface area contributed by atoms with Crippen LogP contribution in [0.15, 0.2) is 60.2 Å². The normalized spacial score (nSPS) is 10.2. The zero-order valence-electron chi connectivity index (χ0n) is 16.6. The van der Waals surface area contributed by atoms with E-state index in [1.54, 1.807) is 0 Å². The van der Waals surface area contributed by atoms with Crippen LogP contribution in [0.5, 0.6) is 0 Å². The first-order chi connectivity index (χ1) is 13.7. The van der Waals surface area contributed by atoms with Crippen molar-refractivity contribution in [3.8, 4) is 11.1 Å². The van der Waals surface area contributed by atoms with Crippen molar-refractivity contribution >= 4 is 18.0 Å². The van der Waals surface area contributed by atoms with Crippen molar-refractivity contribution in [1.82, 2.24) is 0 Å². The zero-order chi connectivity index (χ0) is 20.2. The summed E-state index contributed by atoms with van der Waals surface area (Å²) in [6, 6.07) is 17.7. The van der Waals surface area contributed by atoms with Crippen LogP contribution in [0, 0.1) is 0 Å². The summed E-state index contributed by atoms with van der Waals surface area (Å²) in [4.78, 5) is 24.8. The molecule has 0 fully saturated rings. The predicted molar refractivity (Wildman–Crippen MR) is 112 cm³/mol. The van der Waals surface area contributed by atoms with Crippen molar-refractivity contribution < 1.29 is 19.1 Å². The van der Waals surface area contributed by atoms with Gasteiger partial charge in [-0.15, -0.1) is 0 Å². The van der Waals surface area contributed by atoms with Gasteiger partial charge in [-0.25, -0.2) is 9.59 Å². The molecule has 4 heteroatoms. The highest BCUT2D eigenvalue weighted by molar-refractivity contribution is 6.17. The molecule has 2 aromatic carbocycles. The summed E-state index contributed by atoms with van der Waals surface area (Å²) in [5.41, 5.74) is 2.85. The van der Waals surface area contributed by atoms with E-state index in [9.17, 15) is 9.59 Å². The van der Waals surface area contributed by atoms with Crippen molar-refractivity contribution in [2.24, 2.45) is 0 Å². The van der Waals surface area contributed by atoms with Gasteiger partial charge < -0.3 is 9.47 Å². The van der Waals surface area contributed by atoms with Crippen molar-refractivity contribution in [3.63, 3.8) is 0 Å². The van der Waals surface area contributed by atoms with Gasteiger partial charge in [-0.3, -0.25) is 0 Å². The summed E-state index contributed by atoms with van der Waals surface area (Å²) in [6.07, 6.45) is 4.88. The van der Waals surface area contributed by atoms with Crippen LogP contribution in [0.25, 0.3) is 17.2 Å². The molecule has 2 rings (SSSR count). The maximum absolute atomic E-state index is 12.4. The molecule has 0 aromatic heterocycles. The number of benzene rings is 2. The van der Waals surface area contributed by atoms with E-state index in [0.29, 0.717) is 13.2 Å². The van der Waals surface area contributed by atoms with Crippen LogP contribution < -0.4 is 0 Å². The van der Waals surface area contributed by atoms with E-state index in [1.807, 2.05) is 68.4 Å². The Morgan fingerprint density at radius 2 is 1.25 bits per heavy atom. The van der Waals surface area contributed by atoms with Crippen molar-refractivity contribution in [2.45, 2.75) is 39.5 Å². The number of hydrogen-bond donors (Lipinski definition) is 0. The Balaban J connectivity index is 2.19. The lowest BCUT2D eigenvalue weighted by atomic mass is 10.0. The summed E-state index contributed by atoms with van der Waals surface area (Å²) in [7, 11) is 0. The highest BCUT2D eigenvalue weighted by Crippen LogP contribution is 2.20. The third kappa shape index (κ3) is 6.69. The molecule has 0 saturated heterocycles. The molecule has 0 N–H and O–H groups in total. The van der Waals surface area contributed by atoms with E-state index in [4.69, 9.17) is 9.47 Å². The van der Waals surface area contributed by atoms with E-state index in [1.165, 1.54) is 6.08 Å². The van der Waals surface area contributed by atoms with Crippen LogP contribution in [-0.4, -0.2) is 25.2 Å². The number of unbranched alkanes of at least 4 members (excludes halogenated alkanes) is 2.